The summed E-state index contributed by atoms with van der Waals surface area (Å²) in [6, 6.07) is 5.47. The van der Waals surface area contributed by atoms with Crippen LogP contribution in [0.3, 0.4) is 0 Å². The highest BCUT2D eigenvalue weighted by Gasteiger charge is 2.29. The number of nitrogens with zero attached hydrogens (tertiary/aromatic N) is 3. The van der Waals surface area contributed by atoms with Gasteiger partial charge >= 0.3 is 0 Å². The van der Waals surface area contributed by atoms with Crippen LogP contribution in [-0.4, -0.2) is 21.0 Å². The number of rotatable bonds is 4. The van der Waals surface area contributed by atoms with E-state index in [0.29, 0.717) is 28.9 Å². The van der Waals surface area contributed by atoms with E-state index in [1.807, 2.05) is 16.7 Å². The van der Waals surface area contributed by atoms with Gasteiger partial charge in [-0.3, -0.25) is 4.79 Å². The van der Waals surface area contributed by atoms with Crippen molar-refractivity contribution in [2.45, 2.75) is 25.3 Å². The van der Waals surface area contributed by atoms with Gasteiger partial charge in [0.05, 0.1) is 12.1 Å². The Morgan fingerprint density at radius 1 is 1.43 bits per heavy atom. The summed E-state index contributed by atoms with van der Waals surface area (Å²) in [5, 5.41) is 5.51. The number of halogens is 1. The van der Waals surface area contributed by atoms with Crippen molar-refractivity contribution >= 4 is 28.8 Å². The molecule has 0 unspecified atom stereocenters. The third kappa shape index (κ3) is 2.23. The van der Waals surface area contributed by atoms with E-state index in [2.05, 4.69) is 10.1 Å². The number of carbonyl (C=O) groups excluding carboxylic acids is 1. The Bertz CT molecular complexity index is 833. The topological polar surface area (TPSA) is 60.9 Å². The van der Waals surface area contributed by atoms with Crippen molar-refractivity contribution in [3.63, 3.8) is 0 Å². The molecule has 1 aliphatic carbocycles. The van der Waals surface area contributed by atoms with Crippen molar-refractivity contribution in [1.29, 1.82) is 0 Å². The van der Waals surface area contributed by atoms with Gasteiger partial charge in [0.2, 0.25) is 5.89 Å². The van der Waals surface area contributed by atoms with E-state index in [1.54, 1.807) is 12.3 Å². The molecule has 0 N–H and O–H groups in total. The molecule has 0 bridgehead atoms. The van der Waals surface area contributed by atoms with Gasteiger partial charge in [0.25, 0.3) is 0 Å². The highest BCUT2D eigenvalue weighted by Crippen LogP contribution is 2.38. The second-order valence-corrected chi connectivity index (χ2v) is 5.75. The summed E-state index contributed by atoms with van der Waals surface area (Å²) in [4.78, 5) is 15.6. The maximum atomic E-state index is 11.2. The highest BCUT2D eigenvalue weighted by atomic mass is 35.5. The van der Waals surface area contributed by atoms with Crippen molar-refractivity contribution in [3.8, 4) is 0 Å². The molecular formula is C15H12ClN3O2. The molecule has 1 saturated carbocycles. The largest absolute Gasteiger partial charge is 0.339 e. The Morgan fingerprint density at radius 3 is 3.05 bits per heavy atom. The lowest BCUT2D eigenvalue weighted by atomic mass is 10.2. The number of aldehydes is 1. The molecule has 0 saturated heterocycles. The Kier molecular flexibility index (Phi) is 2.82. The lowest BCUT2D eigenvalue weighted by Gasteiger charge is -2.01. The van der Waals surface area contributed by atoms with Gasteiger partial charge in [-0.25, -0.2) is 0 Å². The zero-order chi connectivity index (χ0) is 14.4. The second-order valence-electron chi connectivity index (χ2n) is 5.31. The van der Waals surface area contributed by atoms with E-state index in [-0.39, 0.29) is 0 Å². The number of fused-ring (bicyclic) bond motifs is 1. The predicted octanol–water partition coefficient (Wildman–Crippen LogP) is 3.42. The Morgan fingerprint density at radius 2 is 2.29 bits per heavy atom. The first-order valence-electron chi connectivity index (χ1n) is 6.80. The molecule has 4 rings (SSSR count). The van der Waals surface area contributed by atoms with Gasteiger partial charge in [0, 0.05) is 28.1 Å². The zero-order valence-electron chi connectivity index (χ0n) is 11.1. The summed E-state index contributed by atoms with van der Waals surface area (Å²) in [7, 11) is 0. The molecule has 2 aromatic heterocycles. The Labute approximate surface area is 125 Å². The Balaban J connectivity index is 1.74. The first-order valence-corrected chi connectivity index (χ1v) is 7.18. The summed E-state index contributed by atoms with van der Waals surface area (Å²) in [6.45, 7) is 0.459. The number of benzene rings is 1. The highest BCUT2D eigenvalue weighted by molar-refractivity contribution is 6.31. The van der Waals surface area contributed by atoms with Gasteiger partial charge in [-0.2, -0.15) is 4.98 Å². The quantitative estimate of drug-likeness (QED) is 0.693. The average Bonchev–Trinajstić information content (AvgIpc) is 3.14. The van der Waals surface area contributed by atoms with Crippen LogP contribution in [-0.2, 0) is 6.54 Å². The van der Waals surface area contributed by atoms with Gasteiger partial charge < -0.3 is 9.09 Å². The molecule has 0 radical (unpaired) electrons. The summed E-state index contributed by atoms with van der Waals surface area (Å²) < 4.78 is 7.18. The van der Waals surface area contributed by atoms with E-state index in [9.17, 15) is 4.79 Å². The molecule has 0 spiro atoms. The van der Waals surface area contributed by atoms with Crippen LogP contribution in [0.1, 0.15) is 40.8 Å². The monoisotopic (exact) mass is 301 g/mol. The molecule has 106 valence electrons. The van der Waals surface area contributed by atoms with E-state index >= 15 is 0 Å². The van der Waals surface area contributed by atoms with Crippen LogP contribution in [0.2, 0.25) is 5.02 Å². The van der Waals surface area contributed by atoms with Crippen LogP contribution in [0.15, 0.2) is 28.9 Å². The molecule has 0 amide bonds. The smallest absolute Gasteiger partial charge is 0.229 e. The minimum atomic E-state index is 0.438. The van der Waals surface area contributed by atoms with Crippen molar-refractivity contribution < 1.29 is 9.32 Å². The first-order chi connectivity index (χ1) is 10.2. The van der Waals surface area contributed by atoms with Gasteiger partial charge in [-0.15, -0.1) is 0 Å². The van der Waals surface area contributed by atoms with Crippen LogP contribution < -0.4 is 0 Å². The van der Waals surface area contributed by atoms with E-state index in [1.165, 1.54) is 0 Å². The fourth-order valence-corrected chi connectivity index (χ4v) is 2.66. The molecule has 1 fully saturated rings. The molecule has 6 heteroatoms. The molecule has 1 aliphatic rings. The van der Waals surface area contributed by atoms with Crippen LogP contribution in [0.25, 0.3) is 10.9 Å². The first kappa shape index (κ1) is 12.6. The summed E-state index contributed by atoms with van der Waals surface area (Å²) in [6.07, 6.45) is 4.89. The van der Waals surface area contributed by atoms with Crippen molar-refractivity contribution in [2.24, 2.45) is 0 Å². The molecular weight excluding hydrogens is 290 g/mol. The van der Waals surface area contributed by atoms with Crippen molar-refractivity contribution in [3.05, 3.63) is 46.7 Å². The van der Waals surface area contributed by atoms with Crippen LogP contribution in [0.4, 0.5) is 0 Å². The molecule has 0 aliphatic heterocycles. The van der Waals surface area contributed by atoms with Gasteiger partial charge in [0.15, 0.2) is 12.1 Å². The minimum Gasteiger partial charge on any atom is -0.339 e. The summed E-state index contributed by atoms with van der Waals surface area (Å²) >= 11 is 6.05. The third-order valence-electron chi connectivity index (χ3n) is 3.72. The van der Waals surface area contributed by atoms with E-state index in [0.717, 1.165) is 35.9 Å². The molecule has 1 aromatic carbocycles. The lowest BCUT2D eigenvalue weighted by molar-refractivity contribution is 0.112. The van der Waals surface area contributed by atoms with E-state index < -0.39 is 0 Å². The third-order valence-corrected chi connectivity index (χ3v) is 3.96. The number of carbonyl (C=O) groups is 1. The maximum absolute atomic E-state index is 11.2. The van der Waals surface area contributed by atoms with Crippen molar-refractivity contribution in [1.82, 2.24) is 14.7 Å². The number of aromatic nitrogens is 3. The zero-order valence-corrected chi connectivity index (χ0v) is 11.9. The summed E-state index contributed by atoms with van der Waals surface area (Å²) in [5.74, 6) is 1.77. The fraction of sp³-hybridized carbons (Fsp3) is 0.267. The lowest BCUT2D eigenvalue weighted by Crippen LogP contribution is -2.00. The van der Waals surface area contributed by atoms with Crippen LogP contribution in [0, 0.1) is 0 Å². The predicted molar refractivity (Wildman–Crippen MR) is 77.7 cm³/mol. The minimum absolute atomic E-state index is 0.438. The van der Waals surface area contributed by atoms with Gasteiger partial charge in [-0.1, -0.05) is 22.8 Å². The molecule has 2 heterocycles. The van der Waals surface area contributed by atoms with Gasteiger partial charge in [-0.05, 0) is 25.0 Å². The molecule has 21 heavy (non-hydrogen) atoms. The molecule has 0 atom stereocenters. The molecule has 3 aromatic rings. The number of hydrogen-bond acceptors (Lipinski definition) is 4. The normalized spacial score (nSPS) is 14.7. The Hall–Kier alpha value is -2.14. The summed E-state index contributed by atoms with van der Waals surface area (Å²) in [5.41, 5.74) is 1.52. The van der Waals surface area contributed by atoms with Crippen molar-refractivity contribution in [2.75, 3.05) is 0 Å². The van der Waals surface area contributed by atoms with Crippen LogP contribution in [0.5, 0.6) is 0 Å². The fourth-order valence-electron chi connectivity index (χ4n) is 2.50. The standard InChI is InChI=1S/C15H12ClN3O2/c16-11-3-4-12-10(8-20)6-19(13(12)5-11)7-14-17-15(21-18-14)9-1-2-9/h3-6,8-9H,1-2,7H2. The SMILES string of the molecule is O=Cc1cn(Cc2noc(C3CC3)n2)c2cc(Cl)ccc12. The van der Waals surface area contributed by atoms with Gasteiger partial charge in [0.1, 0.15) is 0 Å². The van der Waals surface area contributed by atoms with E-state index in [4.69, 9.17) is 16.1 Å². The number of hydrogen-bond donors (Lipinski definition) is 0. The molecule has 5 nitrogen and oxygen atoms in total. The second kappa shape index (κ2) is 4.70. The average molecular weight is 302 g/mol. The maximum Gasteiger partial charge on any atom is 0.229 e. The van der Waals surface area contributed by atoms with Crippen LogP contribution >= 0.6 is 11.6 Å².